The monoisotopic (exact) mass is 477 g/mol. The second-order valence-corrected chi connectivity index (χ2v) is 8.93. The van der Waals surface area contributed by atoms with Crippen molar-refractivity contribution in [3.8, 4) is 0 Å². The van der Waals surface area contributed by atoms with E-state index in [1.807, 2.05) is 61.0 Å². The molecule has 144 valence electrons. The molecule has 0 saturated heterocycles. The fraction of sp³-hybridized carbons (Fsp3) is 0.211. The van der Waals surface area contributed by atoms with Gasteiger partial charge in [0.05, 0.1) is 11.7 Å². The van der Waals surface area contributed by atoms with E-state index >= 15 is 0 Å². The highest BCUT2D eigenvalue weighted by Crippen LogP contribution is 2.38. The van der Waals surface area contributed by atoms with Crippen molar-refractivity contribution >= 4 is 50.9 Å². The van der Waals surface area contributed by atoms with Gasteiger partial charge in [-0.15, -0.1) is 10.2 Å². The van der Waals surface area contributed by atoms with Crippen LogP contribution in [0, 0.1) is 13.8 Å². The molecule has 28 heavy (non-hydrogen) atoms. The lowest BCUT2D eigenvalue weighted by Crippen LogP contribution is -2.41. The van der Waals surface area contributed by atoms with Gasteiger partial charge in [0, 0.05) is 9.50 Å². The number of carbonyl (C=O) groups is 1. The summed E-state index contributed by atoms with van der Waals surface area (Å²) in [6, 6.07) is 13.0. The van der Waals surface area contributed by atoms with Gasteiger partial charge < -0.3 is 10.7 Å². The first kappa shape index (κ1) is 19.3. The van der Waals surface area contributed by atoms with Gasteiger partial charge in [-0.1, -0.05) is 41.6 Å². The third kappa shape index (κ3) is 3.76. The largest absolute Gasteiger partial charge is 0.324 e. The predicted octanol–water partition coefficient (Wildman–Crippen LogP) is 4.71. The Hall–Kier alpha value is -2.03. The number of nitrogens with zero attached hydrogens (tertiary/aromatic N) is 3. The molecule has 0 bridgehead atoms. The summed E-state index contributed by atoms with van der Waals surface area (Å²) in [5.74, 6) is 0.621. The first-order valence-corrected chi connectivity index (χ1v) is 10.6. The van der Waals surface area contributed by atoms with Gasteiger partial charge in [0.15, 0.2) is 0 Å². The number of carbonyl (C=O) groups excluding carboxylic acids is 1. The van der Waals surface area contributed by atoms with Crippen LogP contribution in [0.15, 0.2) is 52.1 Å². The van der Waals surface area contributed by atoms with Gasteiger partial charge in [-0.05, 0) is 65.2 Å². The van der Waals surface area contributed by atoms with Crippen molar-refractivity contribution in [2.24, 2.45) is 0 Å². The summed E-state index contributed by atoms with van der Waals surface area (Å²) in [6.45, 7) is 3.87. The molecule has 0 saturated carbocycles. The standard InChI is InChI=1S/C19H17BrClN5OS/c1-10-3-8-15(14(20)9-10)22-18(27)17-16(12-4-6-13(21)7-5-12)25-26-11(2)23-24-19(26)28-17/h3-9,16-17,25H,1-2H3,(H,22,27)/t16-,17-/m1/s1. The number of benzene rings is 2. The van der Waals surface area contributed by atoms with E-state index in [-0.39, 0.29) is 11.9 Å². The van der Waals surface area contributed by atoms with Crippen LogP contribution in [-0.4, -0.2) is 26.0 Å². The highest BCUT2D eigenvalue weighted by atomic mass is 79.9. The van der Waals surface area contributed by atoms with Crippen LogP contribution >= 0.6 is 39.3 Å². The van der Waals surface area contributed by atoms with Gasteiger partial charge in [0.1, 0.15) is 11.1 Å². The number of halogens is 2. The molecule has 0 spiro atoms. The highest BCUT2D eigenvalue weighted by Gasteiger charge is 2.37. The lowest BCUT2D eigenvalue weighted by Gasteiger charge is -2.32. The maximum atomic E-state index is 13.2. The number of aryl methyl sites for hydroxylation is 2. The third-order valence-electron chi connectivity index (χ3n) is 4.47. The zero-order valence-corrected chi connectivity index (χ0v) is 18.3. The van der Waals surface area contributed by atoms with Crippen LogP contribution in [0.25, 0.3) is 0 Å². The van der Waals surface area contributed by atoms with Crippen LogP contribution < -0.4 is 10.7 Å². The smallest absolute Gasteiger partial charge is 0.240 e. The van der Waals surface area contributed by atoms with Crippen LogP contribution in [0.3, 0.4) is 0 Å². The number of aromatic nitrogens is 3. The number of thioether (sulfide) groups is 1. The van der Waals surface area contributed by atoms with Crippen LogP contribution in [0.2, 0.25) is 5.02 Å². The van der Waals surface area contributed by atoms with Crippen LogP contribution in [-0.2, 0) is 4.79 Å². The Morgan fingerprint density at radius 2 is 1.96 bits per heavy atom. The molecule has 0 unspecified atom stereocenters. The normalized spacial score (nSPS) is 18.3. The summed E-state index contributed by atoms with van der Waals surface area (Å²) in [4.78, 5) is 13.2. The summed E-state index contributed by atoms with van der Waals surface area (Å²) in [5.41, 5.74) is 6.18. The van der Waals surface area contributed by atoms with E-state index in [1.165, 1.54) is 11.8 Å². The van der Waals surface area contributed by atoms with E-state index in [1.54, 1.807) is 0 Å². The SMILES string of the molecule is Cc1ccc(NC(=O)[C@@H]2Sc3nnc(C)n3N[C@@H]2c2ccc(Cl)cc2)c(Br)c1. The van der Waals surface area contributed by atoms with Gasteiger partial charge in [-0.2, -0.15) is 0 Å². The molecule has 0 radical (unpaired) electrons. The topological polar surface area (TPSA) is 71.8 Å². The van der Waals surface area contributed by atoms with Gasteiger partial charge >= 0.3 is 0 Å². The van der Waals surface area contributed by atoms with Gasteiger partial charge in [0.2, 0.25) is 11.1 Å². The van der Waals surface area contributed by atoms with E-state index < -0.39 is 5.25 Å². The van der Waals surface area contributed by atoms with E-state index in [0.717, 1.165) is 27.1 Å². The zero-order chi connectivity index (χ0) is 19.8. The average Bonchev–Trinajstić information content (AvgIpc) is 3.04. The van der Waals surface area contributed by atoms with Gasteiger partial charge in [-0.3, -0.25) is 4.79 Å². The fourth-order valence-corrected chi connectivity index (χ4v) is 4.85. The van der Waals surface area contributed by atoms with Crippen molar-refractivity contribution in [3.63, 3.8) is 0 Å². The third-order valence-corrected chi connectivity index (χ3v) is 6.59. The molecule has 1 aliphatic rings. The Morgan fingerprint density at radius 1 is 1.21 bits per heavy atom. The Balaban J connectivity index is 1.67. The molecule has 4 rings (SSSR count). The van der Waals surface area contributed by atoms with Crippen LogP contribution in [0.1, 0.15) is 23.0 Å². The number of anilines is 1. The minimum absolute atomic E-state index is 0.117. The number of nitrogens with one attached hydrogen (secondary N) is 2. The second kappa shape index (κ2) is 7.77. The number of hydrogen-bond donors (Lipinski definition) is 2. The molecule has 0 aliphatic carbocycles. The number of amides is 1. The first-order valence-electron chi connectivity index (χ1n) is 8.60. The van der Waals surface area contributed by atoms with Crippen LogP contribution in [0.4, 0.5) is 5.69 Å². The number of hydrogen-bond acceptors (Lipinski definition) is 5. The summed E-state index contributed by atoms with van der Waals surface area (Å²) in [7, 11) is 0. The van der Waals surface area contributed by atoms with E-state index in [9.17, 15) is 4.79 Å². The van der Waals surface area contributed by atoms with E-state index in [0.29, 0.717) is 10.2 Å². The van der Waals surface area contributed by atoms with E-state index in [4.69, 9.17) is 11.6 Å². The number of fused-ring (bicyclic) bond motifs is 1. The molecule has 9 heteroatoms. The lowest BCUT2D eigenvalue weighted by atomic mass is 10.0. The van der Waals surface area contributed by atoms with Crippen molar-refractivity contribution in [1.82, 2.24) is 14.9 Å². The lowest BCUT2D eigenvalue weighted by molar-refractivity contribution is -0.116. The van der Waals surface area contributed by atoms with E-state index in [2.05, 4.69) is 36.9 Å². The quantitative estimate of drug-likeness (QED) is 0.570. The maximum absolute atomic E-state index is 13.2. The summed E-state index contributed by atoms with van der Waals surface area (Å²) >= 11 is 10.9. The zero-order valence-electron chi connectivity index (χ0n) is 15.1. The minimum Gasteiger partial charge on any atom is -0.324 e. The van der Waals surface area contributed by atoms with Gasteiger partial charge in [-0.25, -0.2) is 4.68 Å². The molecule has 1 aromatic heterocycles. The molecule has 6 nitrogen and oxygen atoms in total. The molecular weight excluding hydrogens is 462 g/mol. The Morgan fingerprint density at radius 3 is 2.68 bits per heavy atom. The van der Waals surface area contributed by atoms with Crippen molar-refractivity contribution in [2.75, 3.05) is 10.7 Å². The average molecular weight is 479 g/mol. The molecule has 1 amide bonds. The van der Waals surface area contributed by atoms with Gasteiger partial charge in [0.25, 0.3) is 0 Å². The highest BCUT2D eigenvalue weighted by molar-refractivity contribution is 9.10. The fourth-order valence-electron chi connectivity index (χ4n) is 3.01. The predicted molar refractivity (Wildman–Crippen MR) is 115 cm³/mol. The summed E-state index contributed by atoms with van der Waals surface area (Å²) in [5, 5.41) is 12.2. The van der Waals surface area contributed by atoms with Crippen molar-refractivity contribution in [2.45, 2.75) is 30.3 Å². The minimum atomic E-state index is -0.439. The Kier molecular flexibility index (Phi) is 5.35. The maximum Gasteiger partial charge on any atom is 0.240 e. The molecular formula is C19H17BrClN5OS. The van der Waals surface area contributed by atoms with Crippen molar-refractivity contribution in [3.05, 3.63) is 68.9 Å². The molecule has 3 aromatic rings. The molecule has 2 heterocycles. The molecule has 0 fully saturated rings. The molecule has 2 atom stereocenters. The van der Waals surface area contributed by atoms with Crippen LogP contribution in [0.5, 0.6) is 0 Å². The summed E-state index contributed by atoms with van der Waals surface area (Å²) in [6.07, 6.45) is 0. The molecule has 2 aromatic carbocycles. The number of rotatable bonds is 3. The molecule has 2 N–H and O–H groups in total. The van der Waals surface area contributed by atoms with Crippen molar-refractivity contribution in [1.29, 1.82) is 0 Å². The molecule has 1 aliphatic heterocycles. The summed E-state index contributed by atoms with van der Waals surface area (Å²) < 4.78 is 2.66. The Labute approximate surface area is 180 Å². The Bertz CT molecular complexity index is 1040. The first-order chi connectivity index (χ1) is 13.4. The second-order valence-electron chi connectivity index (χ2n) is 6.53. The van der Waals surface area contributed by atoms with Crippen molar-refractivity contribution < 1.29 is 4.79 Å².